The fourth-order valence-corrected chi connectivity index (χ4v) is 0.861. The van der Waals surface area contributed by atoms with Crippen LogP contribution in [-0.4, -0.2) is 46.7 Å². The van der Waals surface area contributed by atoms with Crippen LogP contribution in [-0.2, 0) is 9.59 Å². The van der Waals surface area contributed by atoms with Crippen molar-refractivity contribution in [1.29, 1.82) is 0 Å². The minimum absolute atomic E-state index is 0.0301. The summed E-state index contributed by atoms with van der Waals surface area (Å²) in [4.78, 5) is 22.6. The molecule has 0 fully saturated rings. The molecule has 5 nitrogen and oxygen atoms in total. The second-order valence-electron chi connectivity index (χ2n) is 3.08. The quantitative estimate of drug-likeness (QED) is 0.627. The fourth-order valence-electron chi connectivity index (χ4n) is 0.861. The van der Waals surface area contributed by atoms with Gasteiger partial charge in [-0.2, -0.15) is 0 Å². The Morgan fingerprint density at radius 2 is 1.92 bits per heavy atom. The summed E-state index contributed by atoms with van der Waals surface area (Å²) in [6.45, 7) is 2.77. The van der Waals surface area contributed by atoms with Crippen LogP contribution in [0.3, 0.4) is 0 Å². The van der Waals surface area contributed by atoms with E-state index in [4.69, 9.17) is 10.2 Å². The van der Waals surface area contributed by atoms with Crippen molar-refractivity contribution in [2.75, 3.05) is 13.6 Å². The molecule has 0 aromatic rings. The summed E-state index contributed by atoms with van der Waals surface area (Å²) in [7, 11) is 1.50. The number of rotatable bonds is 4. The zero-order chi connectivity index (χ0) is 10.6. The molecular formula is C8H15NO4. The maximum absolute atomic E-state index is 10.8. The number of carbonyl (C=O) groups excluding carboxylic acids is 1. The molecule has 0 bridgehead atoms. The molecule has 13 heavy (non-hydrogen) atoms. The molecule has 5 heteroatoms. The first-order valence-electron chi connectivity index (χ1n) is 3.98. The van der Waals surface area contributed by atoms with Gasteiger partial charge in [-0.3, -0.25) is 9.59 Å². The Morgan fingerprint density at radius 3 is 2.15 bits per heavy atom. The van der Waals surface area contributed by atoms with Crippen molar-refractivity contribution in [3.63, 3.8) is 0 Å². The van der Waals surface area contributed by atoms with E-state index in [1.165, 1.54) is 25.8 Å². The number of carboxylic acids is 1. The molecule has 76 valence electrons. The first-order chi connectivity index (χ1) is 5.86. The second kappa shape index (κ2) is 4.81. The van der Waals surface area contributed by atoms with E-state index in [1.54, 1.807) is 0 Å². The minimum atomic E-state index is -1.09. The first kappa shape index (κ1) is 11.9. The Bertz CT molecular complexity index is 202. The van der Waals surface area contributed by atoms with Crippen molar-refractivity contribution in [3.8, 4) is 0 Å². The van der Waals surface area contributed by atoms with Crippen LogP contribution in [0.25, 0.3) is 0 Å². The molecule has 2 atom stereocenters. The summed E-state index contributed by atoms with van der Waals surface area (Å²) in [5.74, 6) is -2.23. The standard InChI is InChI=1S/C8H15NO4/c1-5(10)7(8(12)13)4-9(3)6(2)11/h5,7,10H,4H2,1-3H3,(H,12,13)/t5-,7+/m1/s1. The normalized spacial score (nSPS) is 14.8. The molecule has 0 spiro atoms. The van der Waals surface area contributed by atoms with Gasteiger partial charge >= 0.3 is 5.97 Å². The lowest BCUT2D eigenvalue weighted by Gasteiger charge is -2.21. The summed E-state index contributed by atoms with van der Waals surface area (Å²) < 4.78 is 0. The Kier molecular flexibility index (Phi) is 4.40. The van der Waals surface area contributed by atoms with Crippen LogP contribution < -0.4 is 0 Å². The monoisotopic (exact) mass is 189 g/mol. The summed E-state index contributed by atoms with van der Waals surface area (Å²) in [6.07, 6.45) is -0.959. The highest BCUT2D eigenvalue weighted by Gasteiger charge is 2.25. The Balaban J connectivity index is 4.27. The highest BCUT2D eigenvalue weighted by atomic mass is 16.4. The van der Waals surface area contributed by atoms with Gasteiger partial charge in [0.25, 0.3) is 0 Å². The molecular weight excluding hydrogens is 174 g/mol. The zero-order valence-electron chi connectivity index (χ0n) is 8.02. The molecule has 0 aromatic carbocycles. The first-order valence-corrected chi connectivity index (χ1v) is 3.98. The van der Waals surface area contributed by atoms with Gasteiger partial charge in [0.1, 0.15) is 0 Å². The Hall–Kier alpha value is -1.10. The average molecular weight is 189 g/mol. The third-order valence-electron chi connectivity index (χ3n) is 1.91. The number of aliphatic hydroxyl groups is 1. The van der Waals surface area contributed by atoms with Crippen molar-refractivity contribution in [2.24, 2.45) is 5.92 Å². The number of aliphatic carboxylic acids is 1. The molecule has 2 N–H and O–H groups in total. The van der Waals surface area contributed by atoms with Gasteiger partial charge in [-0.25, -0.2) is 0 Å². The highest BCUT2D eigenvalue weighted by molar-refractivity contribution is 5.75. The number of hydrogen-bond donors (Lipinski definition) is 2. The van der Waals surface area contributed by atoms with Gasteiger partial charge in [-0.15, -0.1) is 0 Å². The van der Waals surface area contributed by atoms with Gasteiger partial charge in [0.15, 0.2) is 0 Å². The number of nitrogens with zero attached hydrogens (tertiary/aromatic N) is 1. The van der Waals surface area contributed by atoms with Crippen molar-refractivity contribution in [2.45, 2.75) is 20.0 Å². The predicted molar refractivity (Wildman–Crippen MR) is 46.1 cm³/mol. The van der Waals surface area contributed by atoms with E-state index in [9.17, 15) is 9.59 Å². The van der Waals surface area contributed by atoms with Gasteiger partial charge < -0.3 is 15.1 Å². The van der Waals surface area contributed by atoms with Crippen LogP contribution in [0.2, 0.25) is 0 Å². The Labute approximate surface area is 77.0 Å². The van der Waals surface area contributed by atoms with Crippen LogP contribution >= 0.6 is 0 Å². The summed E-state index contributed by atoms with van der Waals surface area (Å²) >= 11 is 0. The van der Waals surface area contributed by atoms with E-state index >= 15 is 0 Å². The largest absolute Gasteiger partial charge is 0.481 e. The second-order valence-corrected chi connectivity index (χ2v) is 3.08. The van der Waals surface area contributed by atoms with Gasteiger partial charge in [0.05, 0.1) is 12.0 Å². The minimum Gasteiger partial charge on any atom is -0.481 e. The summed E-state index contributed by atoms with van der Waals surface area (Å²) in [6, 6.07) is 0. The molecule has 0 aromatic heterocycles. The maximum Gasteiger partial charge on any atom is 0.310 e. The molecule has 0 saturated heterocycles. The van der Waals surface area contributed by atoms with E-state index in [2.05, 4.69) is 0 Å². The molecule has 1 amide bonds. The number of carbonyl (C=O) groups is 2. The topological polar surface area (TPSA) is 77.8 Å². The molecule has 0 aliphatic rings. The van der Waals surface area contributed by atoms with Crippen LogP contribution in [0.5, 0.6) is 0 Å². The van der Waals surface area contributed by atoms with Crippen LogP contribution in [0.15, 0.2) is 0 Å². The Morgan fingerprint density at radius 1 is 1.46 bits per heavy atom. The van der Waals surface area contributed by atoms with E-state index in [0.717, 1.165) is 0 Å². The smallest absolute Gasteiger partial charge is 0.310 e. The maximum atomic E-state index is 10.8. The SMILES string of the molecule is CC(=O)N(C)C[C@H](C(=O)O)[C@@H](C)O. The third kappa shape index (κ3) is 3.89. The van der Waals surface area contributed by atoms with Crippen molar-refractivity contribution in [1.82, 2.24) is 4.90 Å². The van der Waals surface area contributed by atoms with E-state index in [0.29, 0.717) is 0 Å². The number of amides is 1. The lowest BCUT2D eigenvalue weighted by molar-refractivity contribution is -0.146. The summed E-state index contributed by atoms with van der Waals surface area (Å²) in [5, 5.41) is 17.8. The molecule has 0 radical (unpaired) electrons. The van der Waals surface area contributed by atoms with Crippen molar-refractivity contribution >= 4 is 11.9 Å². The average Bonchev–Trinajstić information content (AvgIpc) is 1.97. The number of hydrogen-bond acceptors (Lipinski definition) is 3. The lowest BCUT2D eigenvalue weighted by Crippen LogP contribution is -2.38. The van der Waals surface area contributed by atoms with Gasteiger partial charge in [-0.05, 0) is 6.92 Å². The molecule has 0 rings (SSSR count). The highest BCUT2D eigenvalue weighted by Crippen LogP contribution is 2.05. The van der Waals surface area contributed by atoms with Crippen molar-refractivity contribution in [3.05, 3.63) is 0 Å². The van der Waals surface area contributed by atoms with Gasteiger partial charge in [0, 0.05) is 20.5 Å². The van der Waals surface area contributed by atoms with Crippen molar-refractivity contribution < 1.29 is 19.8 Å². The molecule has 0 saturated carbocycles. The van der Waals surface area contributed by atoms with Crippen LogP contribution in [0.1, 0.15) is 13.8 Å². The van der Waals surface area contributed by atoms with Gasteiger partial charge in [0.2, 0.25) is 5.91 Å². The fraction of sp³-hybridized carbons (Fsp3) is 0.750. The lowest BCUT2D eigenvalue weighted by atomic mass is 10.0. The molecule has 0 aliphatic carbocycles. The molecule has 0 aliphatic heterocycles. The molecule has 0 unspecified atom stereocenters. The number of aliphatic hydroxyl groups excluding tert-OH is 1. The summed E-state index contributed by atoms with van der Waals surface area (Å²) in [5.41, 5.74) is 0. The zero-order valence-corrected chi connectivity index (χ0v) is 8.02. The predicted octanol–water partition coefficient (Wildman–Crippen LogP) is -0.454. The number of carboxylic acid groups (broad SMARTS) is 1. The van der Waals surface area contributed by atoms with Gasteiger partial charge in [-0.1, -0.05) is 0 Å². The van der Waals surface area contributed by atoms with E-state index in [-0.39, 0.29) is 12.5 Å². The van der Waals surface area contributed by atoms with E-state index < -0.39 is 18.0 Å². The molecule has 0 heterocycles. The van der Waals surface area contributed by atoms with E-state index in [1.807, 2.05) is 0 Å². The van der Waals surface area contributed by atoms with Crippen LogP contribution in [0, 0.1) is 5.92 Å². The van der Waals surface area contributed by atoms with Crippen LogP contribution in [0.4, 0.5) is 0 Å². The third-order valence-corrected chi connectivity index (χ3v) is 1.91.